The molecule has 0 atom stereocenters. The number of rotatable bonds is 7. The molecule has 1 fully saturated rings. The molecule has 3 aromatic heterocycles. The maximum absolute atomic E-state index is 14.0. The Morgan fingerprint density at radius 1 is 1.03 bits per heavy atom. The number of hydrogen-bond acceptors (Lipinski definition) is 6. The summed E-state index contributed by atoms with van der Waals surface area (Å²) in [6, 6.07) is 11.1. The van der Waals surface area contributed by atoms with Gasteiger partial charge in [-0.1, -0.05) is 12.1 Å². The second-order valence-electron chi connectivity index (χ2n) is 9.05. The van der Waals surface area contributed by atoms with Crippen molar-refractivity contribution in [2.75, 3.05) is 32.2 Å². The molecule has 0 saturated carbocycles. The van der Waals surface area contributed by atoms with Gasteiger partial charge in [-0.25, -0.2) is 4.98 Å². The fourth-order valence-electron chi connectivity index (χ4n) is 5.17. The van der Waals surface area contributed by atoms with Crippen molar-refractivity contribution in [3.63, 3.8) is 0 Å². The molecule has 0 radical (unpaired) electrons. The highest BCUT2D eigenvalue weighted by atomic mass is 19.3. The van der Waals surface area contributed by atoms with Gasteiger partial charge in [0.25, 0.3) is 0 Å². The molecule has 9 heteroatoms. The summed E-state index contributed by atoms with van der Waals surface area (Å²) in [5.41, 5.74) is 2.75. The zero-order chi connectivity index (χ0) is 25.2. The van der Waals surface area contributed by atoms with E-state index in [1.165, 1.54) is 6.20 Å². The highest BCUT2D eigenvalue weighted by Crippen LogP contribution is 2.36. The van der Waals surface area contributed by atoms with E-state index in [0.717, 1.165) is 42.5 Å². The smallest absolute Gasteiger partial charge is 0.319 e. The fourth-order valence-corrected chi connectivity index (χ4v) is 5.17. The van der Waals surface area contributed by atoms with Gasteiger partial charge >= 0.3 is 6.55 Å². The van der Waals surface area contributed by atoms with E-state index in [-0.39, 0.29) is 6.29 Å². The Kier molecular flexibility index (Phi) is 6.81. The lowest BCUT2D eigenvalue weighted by Crippen LogP contribution is -2.36. The minimum absolute atomic E-state index is 0.203. The number of ether oxygens (including phenoxy) is 2. The highest BCUT2D eigenvalue weighted by molar-refractivity contribution is 6.08. The van der Waals surface area contributed by atoms with Crippen LogP contribution >= 0.6 is 0 Å². The van der Waals surface area contributed by atoms with Gasteiger partial charge in [-0.15, -0.1) is 0 Å². The second-order valence-corrected chi connectivity index (χ2v) is 9.05. The van der Waals surface area contributed by atoms with Gasteiger partial charge in [0.05, 0.1) is 16.6 Å². The number of piperidine rings is 1. The second kappa shape index (κ2) is 10.2. The average Bonchev–Trinajstić information content (AvgIpc) is 3.25. The van der Waals surface area contributed by atoms with E-state index in [0.29, 0.717) is 44.7 Å². The molecule has 5 rings (SSSR count). The number of benzene rings is 1. The number of methoxy groups -OCH3 is 2. The third-order valence-corrected chi connectivity index (χ3v) is 7.09. The van der Waals surface area contributed by atoms with E-state index in [1.807, 2.05) is 12.1 Å². The number of alkyl halides is 2. The first kappa shape index (κ1) is 24.1. The van der Waals surface area contributed by atoms with Crippen molar-refractivity contribution in [3.05, 3.63) is 54.5 Å². The van der Waals surface area contributed by atoms with Crippen molar-refractivity contribution in [3.8, 4) is 17.2 Å². The Bertz CT molecular complexity index is 1420. The molecule has 1 aliphatic rings. The molecule has 1 saturated heterocycles. The van der Waals surface area contributed by atoms with Gasteiger partial charge in [0, 0.05) is 68.7 Å². The predicted octanol–water partition coefficient (Wildman–Crippen LogP) is 5.74. The number of nitriles is 1. The van der Waals surface area contributed by atoms with Crippen LogP contribution in [0.25, 0.3) is 32.9 Å². The summed E-state index contributed by atoms with van der Waals surface area (Å²) in [6.07, 6.45) is 7.39. The molecule has 4 heterocycles. The summed E-state index contributed by atoms with van der Waals surface area (Å²) in [7, 11) is 3.30. The lowest BCUT2D eigenvalue weighted by Gasteiger charge is -2.34. The zero-order valence-electron chi connectivity index (χ0n) is 20.2. The van der Waals surface area contributed by atoms with E-state index in [9.17, 15) is 14.0 Å². The number of nitrogens with zero attached hydrogens (tertiary/aromatic N) is 5. The molecular weight excluding hydrogens is 464 g/mol. The van der Waals surface area contributed by atoms with Crippen LogP contribution in [0.4, 0.5) is 14.6 Å². The van der Waals surface area contributed by atoms with Crippen LogP contribution in [0.5, 0.6) is 0 Å². The number of hydrogen-bond donors (Lipinski definition) is 0. The lowest BCUT2D eigenvalue weighted by atomic mass is 9.93. The Hall–Kier alpha value is -3.61. The van der Waals surface area contributed by atoms with Crippen molar-refractivity contribution < 1.29 is 18.3 Å². The maximum atomic E-state index is 14.0. The topological polar surface area (TPSA) is 76.2 Å². The quantitative estimate of drug-likeness (QED) is 0.307. The molecule has 0 N–H and O–H groups in total. The zero-order valence-corrected chi connectivity index (χ0v) is 20.2. The Morgan fingerprint density at radius 3 is 2.50 bits per heavy atom. The summed E-state index contributed by atoms with van der Waals surface area (Å²) in [6.45, 7) is -1.11. The highest BCUT2D eigenvalue weighted by Gasteiger charge is 2.25. The molecule has 0 amide bonds. The van der Waals surface area contributed by atoms with Crippen LogP contribution in [-0.4, -0.2) is 48.1 Å². The van der Waals surface area contributed by atoms with E-state index in [4.69, 9.17) is 9.47 Å². The van der Waals surface area contributed by atoms with Crippen LogP contribution in [0.2, 0.25) is 0 Å². The minimum atomic E-state index is -2.69. The van der Waals surface area contributed by atoms with Crippen LogP contribution in [0.3, 0.4) is 0 Å². The standard InChI is InChI=1S/C27H27F2N5O2/c1-35-25(36-2)11-17-6-9-33(10-7-17)26-19(14-30)12-20(15-32-26)18-3-4-21-22-16-31-8-5-23(22)34(27(28)29)24(21)13-18/h3-5,8,12-13,15-17,25,27H,6-7,9-11H2,1-2H3. The van der Waals surface area contributed by atoms with Crippen LogP contribution < -0.4 is 4.90 Å². The van der Waals surface area contributed by atoms with Crippen LogP contribution in [0, 0.1) is 17.2 Å². The van der Waals surface area contributed by atoms with Crippen LogP contribution in [0.15, 0.2) is 48.9 Å². The first-order chi connectivity index (χ1) is 17.5. The summed E-state index contributed by atoms with van der Waals surface area (Å²) < 4.78 is 39.6. The third kappa shape index (κ3) is 4.38. The largest absolute Gasteiger partial charge is 0.356 e. The molecule has 0 unspecified atom stereocenters. The minimum Gasteiger partial charge on any atom is -0.356 e. The fraction of sp³-hybridized carbons (Fsp3) is 0.370. The first-order valence-electron chi connectivity index (χ1n) is 11.9. The number of pyridine rings is 2. The summed E-state index contributed by atoms with van der Waals surface area (Å²) in [4.78, 5) is 10.9. The van der Waals surface area contributed by atoms with Crippen molar-refractivity contribution >= 4 is 27.6 Å². The molecule has 7 nitrogen and oxygen atoms in total. The lowest BCUT2D eigenvalue weighted by molar-refractivity contribution is -0.115. The number of fused-ring (bicyclic) bond motifs is 3. The van der Waals surface area contributed by atoms with Crippen molar-refractivity contribution in [2.24, 2.45) is 5.92 Å². The molecule has 4 aromatic rings. The van der Waals surface area contributed by atoms with Crippen molar-refractivity contribution in [2.45, 2.75) is 32.1 Å². The molecule has 1 aromatic carbocycles. The average molecular weight is 492 g/mol. The van der Waals surface area contributed by atoms with E-state index in [2.05, 4.69) is 20.9 Å². The third-order valence-electron chi connectivity index (χ3n) is 7.09. The number of aromatic nitrogens is 3. The molecule has 0 spiro atoms. The molecular formula is C27H27F2N5O2. The molecule has 1 aliphatic heterocycles. The summed E-state index contributed by atoms with van der Waals surface area (Å²) >= 11 is 0. The normalized spacial score (nSPS) is 14.9. The van der Waals surface area contributed by atoms with Gasteiger partial charge in [0.15, 0.2) is 6.29 Å². The Balaban J connectivity index is 1.43. The monoisotopic (exact) mass is 491 g/mol. The van der Waals surface area contributed by atoms with Crippen molar-refractivity contribution in [1.82, 2.24) is 14.5 Å². The Labute approximate surface area is 207 Å². The van der Waals surface area contributed by atoms with E-state index in [1.54, 1.807) is 44.8 Å². The molecule has 36 heavy (non-hydrogen) atoms. The summed E-state index contributed by atoms with van der Waals surface area (Å²) in [5, 5.41) is 11.3. The van der Waals surface area contributed by atoms with Gasteiger partial charge in [0.1, 0.15) is 11.9 Å². The van der Waals surface area contributed by atoms with Gasteiger partial charge < -0.3 is 14.4 Å². The SMILES string of the molecule is COC(CC1CCN(c2ncc(-c3ccc4c5cnccc5n(C(F)F)c4c3)cc2C#N)CC1)OC. The molecule has 186 valence electrons. The van der Waals surface area contributed by atoms with Crippen LogP contribution in [-0.2, 0) is 9.47 Å². The van der Waals surface area contributed by atoms with E-state index < -0.39 is 6.55 Å². The number of halogens is 2. The summed E-state index contributed by atoms with van der Waals surface area (Å²) in [5.74, 6) is 1.14. The van der Waals surface area contributed by atoms with Gasteiger partial charge in [-0.2, -0.15) is 14.0 Å². The van der Waals surface area contributed by atoms with Crippen molar-refractivity contribution in [1.29, 1.82) is 5.26 Å². The predicted molar refractivity (Wildman–Crippen MR) is 134 cm³/mol. The maximum Gasteiger partial charge on any atom is 0.319 e. The number of anilines is 1. The van der Waals surface area contributed by atoms with Gasteiger partial charge in [0.2, 0.25) is 0 Å². The van der Waals surface area contributed by atoms with E-state index >= 15 is 0 Å². The Morgan fingerprint density at radius 2 is 1.81 bits per heavy atom. The van der Waals surface area contributed by atoms with Crippen LogP contribution in [0.1, 0.15) is 31.4 Å². The van der Waals surface area contributed by atoms with Gasteiger partial charge in [-0.3, -0.25) is 9.55 Å². The molecule has 0 bridgehead atoms. The molecule has 0 aliphatic carbocycles. The first-order valence-corrected chi connectivity index (χ1v) is 11.9. The van der Waals surface area contributed by atoms with Gasteiger partial charge in [-0.05, 0) is 42.5 Å².